The zero-order valence-electron chi connectivity index (χ0n) is 21.7. The third-order valence-corrected chi connectivity index (χ3v) is 6.44. The van der Waals surface area contributed by atoms with Crippen LogP contribution in [0.3, 0.4) is 0 Å². The number of aryl methyl sites for hydroxylation is 2. The summed E-state index contributed by atoms with van der Waals surface area (Å²) in [5.74, 6) is -7.03. The number of nitrogens with one attached hydrogen (secondary N) is 1. The van der Waals surface area contributed by atoms with Gasteiger partial charge in [0.2, 0.25) is 5.91 Å². The topological polar surface area (TPSA) is 49.4 Å². The molecular weight excluding hydrogens is 598 g/mol. The van der Waals surface area contributed by atoms with Crippen molar-refractivity contribution in [3.8, 4) is 0 Å². The van der Waals surface area contributed by atoms with Crippen LogP contribution in [0.15, 0.2) is 36.4 Å². The van der Waals surface area contributed by atoms with Crippen molar-refractivity contribution in [2.75, 3.05) is 13.6 Å². The van der Waals surface area contributed by atoms with Crippen LogP contribution in [0.2, 0.25) is 5.02 Å². The van der Waals surface area contributed by atoms with Crippen LogP contribution < -0.4 is 5.32 Å². The molecule has 226 valence electrons. The largest absolute Gasteiger partial charge is 0.417 e. The zero-order valence-corrected chi connectivity index (χ0v) is 22.5. The van der Waals surface area contributed by atoms with Crippen molar-refractivity contribution >= 4 is 29.2 Å². The predicted octanol–water partition coefficient (Wildman–Crippen LogP) is 7.77. The summed E-state index contributed by atoms with van der Waals surface area (Å²) in [6.45, 7) is 2.10. The van der Waals surface area contributed by atoms with Crippen LogP contribution in [0.1, 0.15) is 51.0 Å². The molecule has 0 fully saturated rings. The lowest BCUT2D eigenvalue weighted by Gasteiger charge is -2.23. The number of allylic oxidation sites excluding steroid dienone is 1. The Morgan fingerprint density at radius 2 is 1.51 bits per heavy atom. The van der Waals surface area contributed by atoms with Crippen molar-refractivity contribution < 1.29 is 53.5 Å². The molecule has 0 bridgehead atoms. The zero-order chi connectivity index (χ0) is 31.7. The Bertz CT molecular complexity index is 1310. The molecule has 2 rings (SSSR count). The first-order chi connectivity index (χ1) is 18.5. The Morgan fingerprint density at radius 3 is 1.98 bits per heavy atom. The lowest BCUT2D eigenvalue weighted by atomic mass is 9.93. The van der Waals surface area contributed by atoms with Gasteiger partial charge in [-0.25, -0.2) is 4.39 Å². The van der Waals surface area contributed by atoms with Gasteiger partial charge >= 0.3 is 18.5 Å². The van der Waals surface area contributed by atoms with Crippen molar-refractivity contribution in [1.29, 1.82) is 0 Å². The average Bonchev–Trinajstić information content (AvgIpc) is 2.82. The van der Waals surface area contributed by atoms with Gasteiger partial charge in [0.15, 0.2) is 0 Å². The Kier molecular flexibility index (Phi) is 10.2. The maximum absolute atomic E-state index is 15.0. The molecule has 0 spiro atoms. The van der Waals surface area contributed by atoms with E-state index in [0.29, 0.717) is 12.1 Å². The average molecular weight is 621 g/mol. The molecule has 0 aromatic heterocycles. The van der Waals surface area contributed by atoms with E-state index in [0.717, 1.165) is 26.1 Å². The van der Waals surface area contributed by atoms with Gasteiger partial charge in [0.05, 0.1) is 11.1 Å². The molecule has 2 unspecified atom stereocenters. The summed E-state index contributed by atoms with van der Waals surface area (Å²) in [6.07, 6.45) is -15.0. The molecule has 1 N–H and O–H groups in total. The Labute approximate surface area is 232 Å². The third-order valence-electron chi connectivity index (χ3n) is 5.84. The van der Waals surface area contributed by atoms with Gasteiger partial charge in [-0.3, -0.25) is 9.59 Å². The number of carbonyl (C=O) groups is 2. The standard InChI is InChI=1S/C26H23ClF10N2O2/c1-12-7-16(8-13(2)21(12)27)18(25(32,33)34)10-20(28)15-5-6-17(19(9-15)26(35,36)37)22(40)38-14(3)23(41)39(4)11-24(29,30)31/h5-10,14,18H,11H2,1-4H3,(H,38,40)/b20-10-. The predicted molar refractivity (Wildman–Crippen MR) is 131 cm³/mol. The maximum Gasteiger partial charge on any atom is 0.417 e. The Hall–Kier alpha value is -3.29. The first kappa shape index (κ1) is 33.9. The van der Waals surface area contributed by atoms with E-state index in [4.69, 9.17) is 11.6 Å². The van der Waals surface area contributed by atoms with Crippen LogP contribution in [0, 0.1) is 13.8 Å². The highest BCUT2D eigenvalue weighted by molar-refractivity contribution is 6.32. The van der Waals surface area contributed by atoms with Gasteiger partial charge in [-0.15, -0.1) is 0 Å². The second-order valence-corrected chi connectivity index (χ2v) is 9.64. The summed E-state index contributed by atoms with van der Waals surface area (Å²) < 4.78 is 136. The summed E-state index contributed by atoms with van der Waals surface area (Å²) in [6, 6.07) is 1.68. The highest BCUT2D eigenvalue weighted by Crippen LogP contribution is 2.41. The third kappa shape index (κ3) is 8.85. The number of carbonyl (C=O) groups excluding carboxylic acids is 2. The van der Waals surface area contributed by atoms with Crippen molar-refractivity contribution in [2.24, 2.45) is 0 Å². The normalized spacial score (nSPS) is 14.5. The highest BCUT2D eigenvalue weighted by atomic mass is 35.5. The number of halogens is 11. The van der Waals surface area contributed by atoms with Crippen molar-refractivity contribution in [3.05, 3.63) is 74.8 Å². The van der Waals surface area contributed by atoms with Crippen LogP contribution >= 0.6 is 11.6 Å². The summed E-state index contributed by atoms with van der Waals surface area (Å²) in [4.78, 5) is 24.8. The molecule has 0 saturated heterocycles. The highest BCUT2D eigenvalue weighted by Gasteiger charge is 2.41. The molecule has 0 saturated carbocycles. The van der Waals surface area contributed by atoms with Crippen LogP contribution in [0.5, 0.6) is 0 Å². The molecule has 15 heteroatoms. The van der Waals surface area contributed by atoms with Crippen LogP contribution in [0.25, 0.3) is 5.83 Å². The van der Waals surface area contributed by atoms with Crippen molar-refractivity contribution in [3.63, 3.8) is 0 Å². The number of nitrogens with zero attached hydrogens (tertiary/aromatic N) is 1. The summed E-state index contributed by atoms with van der Waals surface area (Å²) in [7, 11) is 0.768. The fraction of sp³-hybridized carbons (Fsp3) is 0.385. The number of rotatable bonds is 7. The molecule has 2 aromatic carbocycles. The minimum Gasteiger partial charge on any atom is -0.341 e. The minimum atomic E-state index is -5.31. The van der Waals surface area contributed by atoms with E-state index in [1.807, 2.05) is 5.32 Å². The summed E-state index contributed by atoms with van der Waals surface area (Å²) in [5, 5.41) is 2.03. The number of hydrogen-bond acceptors (Lipinski definition) is 2. The van der Waals surface area contributed by atoms with Gasteiger partial charge < -0.3 is 10.2 Å². The second-order valence-electron chi connectivity index (χ2n) is 9.27. The number of benzene rings is 2. The molecule has 0 heterocycles. The molecule has 41 heavy (non-hydrogen) atoms. The van der Waals surface area contributed by atoms with Gasteiger partial charge in [0, 0.05) is 17.6 Å². The molecule has 2 aromatic rings. The molecule has 2 amide bonds. The molecule has 4 nitrogen and oxygen atoms in total. The van der Waals surface area contributed by atoms with E-state index in [1.54, 1.807) is 0 Å². The Morgan fingerprint density at radius 1 is 0.976 bits per heavy atom. The fourth-order valence-corrected chi connectivity index (χ4v) is 4.03. The van der Waals surface area contributed by atoms with Crippen molar-refractivity contribution in [1.82, 2.24) is 10.2 Å². The molecule has 2 atom stereocenters. The maximum atomic E-state index is 15.0. The second kappa shape index (κ2) is 12.3. The van der Waals surface area contributed by atoms with Gasteiger partial charge in [-0.2, -0.15) is 39.5 Å². The Balaban J connectivity index is 2.47. The van der Waals surface area contributed by atoms with E-state index in [9.17, 15) is 49.1 Å². The van der Waals surface area contributed by atoms with Crippen LogP contribution in [-0.2, 0) is 11.0 Å². The molecular formula is C26H23ClF10N2O2. The van der Waals surface area contributed by atoms with Crippen LogP contribution in [-0.4, -0.2) is 48.7 Å². The van der Waals surface area contributed by atoms with E-state index < -0.39 is 76.9 Å². The first-order valence-electron chi connectivity index (χ1n) is 11.6. The lowest BCUT2D eigenvalue weighted by molar-refractivity contribution is -0.159. The number of alkyl halides is 9. The lowest BCUT2D eigenvalue weighted by Crippen LogP contribution is -2.48. The number of hydrogen-bond donors (Lipinski definition) is 1. The molecule has 0 aliphatic carbocycles. The monoisotopic (exact) mass is 620 g/mol. The van der Waals surface area contributed by atoms with Gasteiger partial charge in [0.25, 0.3) is 5.91 Å². The summed E-state index contributed by atoms with van der Waals surface area (Å²) in [5.41, 5.74) is -3.70. The van der Waals surface area contributed by atoms with Gasteiger partial charge in [0.1, 0.15) is 24.3 Å². The van der Waals surface area contributed by atoms with E-state index >= 15 is 4.39 Å². The van der Waals surface area contributed by atoms with Crippen LogP contribution in [0.4, 0.5) is 43.9 Å². The van der Waals surface area contributed by atoms with Gasteiger partial charge in [-0.1, -0.05) is 29.8 Å². The van der Waals surface area contributed by atoms with E-state index in [2.05, 4.69) is 0 Å². The molecule has 0 aliphatic rings. The SMILES string of the molecule is Cc1cc(C(/C=C(\F)c2ccc(C(=O)NC(C)C(=O)N(C)CC(F)(F)F)c(C(F)(F)F)c2)C(F)(F)F)cc(C)c1Cl. The quantitative estimate of drug-likeness (QED) is 0.322. The smallest absolute Gasteiger partial charge is 0.341 e. The minimum absolute atomic E-state index is 0.0918. The van der Waals surface area contributed by atoms with E-state index in [-0.39, 0.29) is 33.2 Å². The number of amides is 2. The first-order valence-corrected chi connectivity index (χ1v) is 12.0. The fourth-order valence-electron chi connectivity index (χ4n) is 3.92. The van der Waals surface area contributed by atoms with Gasteiger partial charge in [-0.05, 0) is 55.7 Å². The molecule has 0 aliphatic heterocycles. The van der Waals surface area contributed by atoms with E-state index in [1.165, 1.54) is 13.8 Å². The number of likely N-dealkylation sites (N-methyl/N-ethyl adjacent to an activating group) is 1. The van der Waals surface area contributed by atoms with Crippen molar-refractivity contribution in [2.45, 2.75) is 51.3 Å². The summed E-state index contributed by atoms with van der Waals surface area (Å²) >= 11 is 5.98. The molecule has 0 radical (unpaired) electrons.